The molecule has 2 atom stereocenters. The summed E-state index contributed by atoms with van der Waals surface area (Å²) in [7, 11) is 0. The zero-order valence-electron chi connectivity index (χ0n) is 15.3. The molecule has 0 saturated carbocycles. The number of carbonyl (C=O) groups is 1. The minimum Gasteiger partial charge on any atom is -0.493 e. The topological polar surface area (TPSA) is 50.4 Å². The first-order valence-corrected chi connectivity index (χ1v) is 9.33. The maximum atomic E-state index is 12.3. The molecule has 2 N–H and O–H groups in total. The molecule has 2 unspecified atom stereocenters. The number of piperidine rings is 1. The number of fused-ring (bicyclic) bond motifs is 2. The van der Waals surface area contributed by atoms with Gasteiger partial charge < -0.3 is 15.4 Å². The molecule has 1 aromatic rings. The smallest absolute Gasteiger partial charge is 0.220 e. The van der Waals surface area contributed by atoms with Crippen molar-refractivity contribution >= 4 is 18.3 Å². The Labute approximate surface area is 157 Å². The van der Waals surface area contributed by atoms with Crippen LogP contribution in [-0.2, 0) is 11.3 Å². The maximum absolute atomic E-state index is 12.3. The number of nitrogens with one attached hydrogen (secondary N) is 2. The molecule has 2 bridgehead atoms. The summed E-state index contributed by atoms with van der Waals surface area (Å²) in [6, 6.07) is 9.27. The Kier molecular flexibility index (Phi) is 7.57. The van der Waals surface area contributed by atoms with E-state index in [0.717, 1.165) is 24.2 Å². The summed E-state index contributed by atoms with van der Waals surface area (Å²) in [5, 5.41) is 6.72. The van der Waals surface area contributed by atoms with Crippen molar-refractivity contribution in [2.75, 3.05) is 6.61 Å². The van der Waals surface area contributed by atoms with Crippen LogP contribution in [0.2, 0.25) is 0 Å². The van der Waals surface area contributed by atoms with E-state index in [1.54, 1.807) is 0 Å². The van der Waals surface area contributed by atoms with E-state index in [1.165, 1.54) is 12.8 Å². The lowest BCUT2D eigenvalue weighted by molar-refractivity contribution is -0.122. The van der Waals surface area contributed by atoms with Crippen LogP contribution < -0.4 is 15.4 Å². The number of benzene rings is 1. The lowest BCUT2D eigenvalue weighted by Gasteiger charge is -2.28. The van der Waals surface area contributed by atoms with Crippen molar-refractivity contribution in [2.45, 2.75) is 64.6 Å². The molecule has 25 heavy (non-hydrogen) atoms. The highest BCUT2D eigenvalue weighted by atomic mass is 35.5. The van der Waals surface area contributed by atoms with Crippen LogP contribution in [0.3, 0.4) is 0 Å². The second-order valence-corrected chi connectivity index (χ2v) is 7.77. The normalized spacial score (nSPS) is 24.7. The summed E-state index contributed by atoms with van der Waals surface area (Å²) in [4.78, 5) is 12.3. The van der Waals surface area contributed by atoms with E-state index in [9.17, 15) is 4.79 Å². The van der Waals surface area contributed by atoms with Crippen molar-refractivity contribution in [2.24, 2.45) is 11.8 Å². The fourth-order valence-corrected chi connectivity index (χ4v) is 3.92. The lowest BCUT2D eigenvalue weighted by atomic mass is 9.89. The van der Waals surface area contributed by atoms with E-state index in [4.69, 9.17) is 4.74 Å². The molecule has 3 rings (SSSR count). The standard InChI is InChI=1S/C20H30N2O2.ClH/c1-14(2)13-24-19-6-4-3-5-16(19)12-21-20(23)11-15-9-17-7-8-18(10-15)22-17;/h3-6,14-15,17-18,22H,7-13H2,1-2H3,(H,21,23);1H. The van der Waals surface area contributed by atoms with Gasteiger partial charge in [0.2, 0.25) is 5.91 Å². The minimum atomic E-state index is 0. The molecule has 5 heteroatoms. The molecule has 2 fully saturated rings. The molecule has 1 aromatic carbocycles. The third-order valence-electron chi connectivity index (χ3n) is 5.07. The van der Waals surface area contributed by atoms with Crippen LogP contribution in [0.1, 0.15) is 51.5 Å². The summed E-state index contributed by atoms with van der Waals surface area (Å²) >= 11 is 0. The third-order valence-corrected chi connectivity index (χ3v) is 5.07. The van der Waals surface area contributed by atoms with Crippen molar-refractivity contribution in [3.63, 3.8) is 0 Å². The summed E-state index contributed by atoms with van der Waals surface area (Å²) in [6.45, 7) is 5.51. The Bertz CT molecular complexity index is 552. The van der Waals surface area contributed by atoms with Crippen LogP contribution in [0.15, 0.2) is 24.3 Å². The molecule has 0 spiro atoms. The molecule has 1 amide bonds. The first-order valence-electron chi connectivity index (χ1n) is 9.33. The Morgan fingerprint density at radius 3 is 2.60 bits per heavy atom. The van der Waals surface area contributed by atoms with Crippen molar-refractivity contribution in [1.82, 2.24) is 10.6 Å². The number of para-hydroxylation sites is 1. The molecular formula is C20H31ClN2O2. The Hall–Kier alpha value is -1.26. The molecule has 0 aliphatic carbocycles. The molecule has 140 valence electrons. The van der Waals surface area contributed by atoms with E-state index in [-0.39, 0.29) is 18.3 Å². The highest BCUT2D eigenvalue weighted by Gasteiger charge is 2.34. The maximum Gasteiger partial charge on any atom is 0.220 e. The van der Waals surface area contributed by atoms with E-state index in [0.29, 0.717) is 43.5 Å². The van der Waals surface area contributed by atoms with E-state index < -0.39 is 0 Å². The van der Waals surface area contributed by atoms with Gasteiger partial charge in [-0.2, -0.15) is 0 Å². The summed E-state index contributed by atoms with van der Waals surface area (Å²) in [5.74, 6) is 2.07. The summed E-state index contributed by atoms with van der Waals surface area (Å²) in [6.07, 6.45) is 5.52. The van der Waals surface area contributed by atoms with Crippen LogP contribution >= 0.6 is 12.4 Å². The van der Waals surface area contributed by atoms with Gasteiger partial charge in [0, 0.05) is 30.6 Å². The largest absolute Gasteiger partial charge is 0.493 e. The molecular weight excluding hydrogens is 336 g/mol. The Morgan fingerprint density at radius 1 is 1.24 bits per heavy atom. The van der Waals surface area contributed by atoms with E-state index in [1.807, 2.05) is 24.3 Å². The molecule has 0 radical (unpaired) electrons. The van der Waals surface area contributed by atoms with Crippen LogP contribution in [0, 0.1) is 11.8 Å². The zero-order valence-corrected chi connectivity index (χ0v) is 16.1. The molecule has 4 nitrogen and oxygen atoms in total. The van der Waals surface area contributed by atoms with Gasteiger partial charge in [-0.3, -0.25) is 4.79 Å². The number of amides is 1. The predicted molar refractivity (Wildman–Crippen MR) is 103 cm³/mol. The van der Waals surface area contributed by atoms with Gasteiger partial charge in [-0.25, -0.2) is 0 Å². The Morgan fingerprint density at radius 2 is 1.92 bits per heavy atom. The summed E-state index contributed by atoms with van der Waals surface area (Å²) in [5.41, 5.74) is 1.05. The van der Waals surface area contributed by atoms with Crippen molar-refractivity contribution in [1.29, 1.82) is 0 Å². The average molecular weight is 367 g/mol. The van der Waals surface area contributed by atoms with Gasteiger partial charge in [-0.1, -0.05) is 32.0 Å². The number of ether oxygens (including phenoxy) is 1. The molecule has 2 heterocycles. The first-order chi connectivity index (χ1) is 11.6. The fourth-order valence-electron chi connectivity index (χ4n) is 3.92. The summed E-state index contributed by atoms with van der Waals surface area (Å²) < 4.78 is 5.86. The van der Waals surface area contributed by atoms with Crippen molar-refractivity contribution in [3.05, 3.63) is 29.8 Å². The predicted octanol–water partition coefficient (Wildman–Crippen LogP) is 3.68. The SMILES string of the molecule is CC(C)COc1ccccc1CNC(=O)CC1CC2CCC(C1)N2.Cl. The van der Waals surface area contributed by atoms with Gasteiger partial charge in [-0.05, 0) is 43.6 Å². The molecule has 0 aromatic heterocycles. The van der Waals surface area contributed by atoms with Crippen LogP contribution in [-0.4, -0.2) is 24.6 Å². The zero-order chi connectivity index (χ0) is 16.9. The number of rotatable bonds is 7. The molecule has 2 aliphatic rings. The molecule has 2 saturated heterocycles. The highest BCUT2D eigenvalue weighted by Crippen LogP contribution is 2.32. The second kappa shape index (κ2) is 9.44. The van der Waals surface area contributed by atoms with Crippen LogP contribution in [0.4, 0.5) is 0 Å². The van der Waals surface area contributed by atoms with Gasteiger partial charge in [0.1, 0.15) is 5.75 Å². The van der Waals surface area contributed by atoms with Gasteiger partial charge in [0.15, 0.2) is 0 Å². The monoisotopic (exact) mass is 366 g/mol. The number of carbonyl (C=O) groups excluding carboxylic acids is 1. The quantitative estimate of drug-likeness (QED) is 0.773. The van der Waals surface area contributed by atoms with E-state index in [2.05, 4.69) is 24.5 Å². The lowest BCUT2D eigenvalue weighted by Crippen LogP contribution is -2.39. The van der Waals surface area contributed by atoms with E-state index >= 15 is 0 Å². The highest BCUT2D eigenvalue weighted by molar-refractivity contribution is 5.85. The third kappa shape index (κ3) is 5.89. The first kappa shape index (κ1) is 20.1. The molecule has 2 aliphatic heterocycles. The van der Waals surface area contributed by atoms with Gasteiger partial charge in [-0.15, -0.1) is 12.4 Å². The number of hydrogen-bond donors (Lipinski definition) is 2. The van der Waals surface area contributed by atoms with Gasteiger partial charge in [0.25, 0.3) is 0 Å². The van der Waals surface area contributed by atoms with Crippen molar-refractivity contribution in [3.8, 4) is 5.75 Å². The number of hydrogen-bond acceptors (Lipinski definition) is 3. The second-order valence-electron chi connectivity index (χ2n) is 7.77. The minimum absolute atomic E-state index is 0. The fraction of sp³-hybridized carbons (Fsp3) is 0.650. The Balaban J connectivity index is 0.00000225. The van der Waals surface area contributed by atoms with Crippen LogP contribution in [0.5, 0.6) is 5.75 Å². The van der Waals surface area contributed by atoms with Gasteiger partial charge in [0.05, 0.1) is 6.61 Å². The van der Waals surface area contributed by atoms with Crippen LogP contribution in [0.25, 0.3) is 0 Å². The van der Waals surface area contributed by atoms with Crippen molar-refractivity contribution < 1.29 is 9.53 Å². The average Bonchev–Trinajstić information content (AvgIpc) is 2.90. The number of halogens is 1. The van der Waals surface area contributed by atoms with Gasteiger partial charge >= 0.3 is 0 Å².